The molecule has 1 aromatic carbocycles. The predicted octanol–water partition coefficient (Wildman–Crippen LogP) is 1.94. The van der Waals surface area contributed by atoms with Crippen LogP contribution in [-0.4, -0.2) is 10.5 Å². The number of nitrogens with zero attached hydrogens (tertiary/aromatic N) is 1. The van der Waals surface area contributed by atoms with Gasteiger partial charge in [0, 0.05) is 12.4 Å². The minimum Gasteiger partial charge on any atom is -0.412 e. The topological polar surface area (TPSA) is 44.4 Å². The second-order valence-corrected chi connectivity index (χ2v) is 2.18. The second-order valence-electron chi connectivity index (χ2n) is 2.18. The van der Waals surface area contributed by atoms with E-state index in [9.17, 15) is 0 Å². The highest BCUT2D eigenvalue weighted by Gasteiger charge is 1.58. The number of benzene rings is 1. The van der Waals surface area contributed by atoms with Gasteiger partial charge < -0.3 is 5.48 Å². The summed E-state index contributed by atoms with van der Waals surface area (Å²) in [6, 6.07) is 17.7. The Balaban J connectivity index is 0.000000206. The minimum atomic E-state index is 0. The average molecular weight is 175 g/mol. The molecule has 0 spiro atoms. The Bertz CT molecular complexity index is 185. The van der Waals surface area contributed by atoms with Crippen LogP contribution in [0.3, 0.4) is 0 Å². The van der Waals surface area contributed by atoms with Crippen molar-refractivity contribution in [1.82, 2.24) is 4.98 Å². The molecule has 0 atom stereocenters. The summed E-state index contributed by atoms with van der Waals surface area (Å²) >= 11 is 0. The quantitative estimate of drug-likeness (QED) is 0.603. The molecular formula is C11H13NO. The van der Waals surface area contributed by atoms with Gasteiger partial charge in [-0.05, 0) is 12.1 Å². The first kappa shape index (κ1) is 11.3. The Labute approximate surface area is 78.2 Å². The Kier molecular flexibility index (Phi) is 7.34. The Morgan fingerprint density at radius 1 is 0.462 bits per heavy atom. The summed E-state index contributed by atoms with van der Waals surface area (Å²) in [5, 5.41) is 0. The van der Waals surface area contributed by atoms with E-state index in [4.69, 9.17) is 0 Å². The van der Waals surface area contributed by atoms with Crippen molar-refractivity contribution in [2.45, 2.75) is 0 Å². The third-order valence-electron chi connectivity index (χ3n) is 1.23. The summed E-state index contributed by atoms with van der Waals surface area (Å²) in [7, 11) is 0. The van der Waals surface area contributed by atoms with Crippen LogP contribution in [-0.2, 0) is 0 Å². The molecule has 1 heterocycles. The molecule has 0 fully saturated rings. The molecule has 2 nitrogen and oxygen atoms in total. The van der Waals surface area contributed by atoms with Gasteiger partial charge in [-0.15, -0.1) is 0 Å². The van der Waals surface area contributed by atoms with E-state index in [2.05, 4.69) is 4.98 Å². The summed E-state index contributed by atoms with van der Waals surface area (Å²) in [6.45, 7) is 0. The molecule has 1 aromatic heterocycles. The summed E-state index contributed by atoms with van der Waals surface area (Å²) < 4.78 is 0. The maximum atomic E-state index is 3.78. The standard InChI is InChI=1S/C6H6.C5H5N.H2O/c2*1-2-4-6-5-3-1;/h1-6H;1-5H;1H2. The zero-order chi connectivity index (χ0) is 8.49. The maximum absolute atomic E-state index is 3.78. The van der Waals surface area contributed by atoms with Gasteiger partial charge >= 0.3 is 0 Å². The molecule has 0 unspecified atom stereocenters. The molecule has 2 heteroatoms. The molecule has 0 radical (unpaired) electrons. The van der Waals surface area contributed by atoms with Crippen molar-refractivity contribution in [2.75, 3.05) is 0 Å². The van der Waals surface area contributed by atoms with Gasteiger partial charge in [0.15, 0.2) is 0 Å². The molecule has 0 amide bonds. The van der Waals surface area contributed by atoms with Crippen LogP contribution in [0.1, 0.15) is 0 Å². The first-order chi connectivity index (χ1) is 6.00. The molecule has 0 aliphatic heterocycles. The largest absolute Gasteiger partial charge is 0.412 e. The lowest BCUT2D eigenvalue weighted by atomic mass is 10.4. The molecule has 2 N–H and O–H groups in total. The zero-order valence-electron chi connectivity index (χ0n) is 7.30. The monoisotopic (exact) mass is 175 g/mol. The van der Waals surface area contributed by atoms with Crippen LogP contribution in [0.25, 0.3) is 0 Å². The normalized spacial score (nSPS) is 7.38. The Morgan fingerprint density at radius 3 is 0.923 bits per heavy atom. The smallest absolute Gasteiger partial charge is 0.0267 e. The lowest BCUT2D eigenvalue weighted by molar-refractivity contribution is 0.824. The van der Waals surface area contributed by atoms with Crippen molar-refractivity contribution in [3.63, 3.8) is 0 Å². The molecule has 0 saturated heterocycles. The van der Waals surface area contributed by atoms with Crippen molar-refractivity contribution in [1.29, 1.82) is 0 Å². The van der Waals surface area contributed by atoms with Crippen LogP contribution in [0.4, 0.5) is 0 Å². The van der Waals surface area contributed by atoms with Gasteiger partial charge in [0.05, 0.1) is 0 Å². The fourth-order valence-corrected chi connectivity index (χ4v) is 0.698. The lowest BCUT2D eigenvalue weighted by Crippen LogP contribution is -1.58. The highest BCUT2D eigenvalue weighted by Crippen LogP contribution is 1.79. The van der Waals surface area contributed by atoms with E-state index >= 15 is 0 Å². The van der Waals surface area contributed by atoms with Crippen molar-refractivity contribution in [2.24, 2.45) is 0 Å². The van der Waals surface area contributed by atoms with Crippen LogP contribution in [0, 0.1) is 0 Å². The van der Waals surface area contributed by atoms with E-state index in [1.807, 2.05) is 54.6 Å². The zero-order valence-corrected chi connectivity index (χ0v) is 7.30. The Morgan fingerprint density at radius 2 is 0.769 bits per heavy atom. The van der Waals surface area contributed by atoms with Gasteiger partial charge in [0.2, 0.25) is 0 Å². The van der Waals surface area contributed by atoms with Crippen molar-refractivity contribution >= 4 is 0 Å². The first-order valence-corrected chi connectivity index (χ1v) is 3.85. The summed E-state index contributed by atoms with van der Waals surface area (Å²) in [4.78, 5) is 3.78. The Hall–Kier alpha value is -1.67. The molecule has 2 aromatic rings. The van der Waals surface area contributed by atoms with Gasteiger partial charge in [-0.1, -0.05) is 42.5 Å². The number of rotatable bonds is 0. The molecule has 2 rings (SSSR count). The SMILES string of the molecule is O.c1ccccc1.c1ccncc1. The third-order valence-corrected chi connectivity index (χ3v) is 1.23. The summed E-state index contributed by atoms with van der Waals surface area (Å²) in [6.07, 6.45) is 3.50. The van der Waals surface area contributed by atoms with E-state index in [1.54, 1.807) is 12.4 Å². The van der Waals surface area contributed by atoms with Gasteiger partial charge in [-0.2, -0.15) is 0 Å². The fourth-order valence-electron chi connectivity index (χ4n) is 0.698. The summed E-state index contributed by atoms with van der Waals surface area (Å²) in [5.74, 6) is 0. The van der Waals surface area contributed by atoms with E-state index in [0.29, 0.717) is 0 Å². The van der Waals surface area contributed by atoms with Gasteiger partial charge in [-0.3, -0.25) is 4.98 Å². The predicted molar refractivity (Wildman–Crippen MR) is 54.3 cm³/mol. The molecular weight excluding hydrogens is 162 g/mol. The fraction of sp³-hybridized carbons (Fsp3) is 0. The number of aromatic nitrogens is 1. The highest BCUT2D eigenvalue weighted by molar-refractivity contribution is 4.99. The number of hydrogen-bond donors (Lipinski definition) is 0. The lowest BCUT2D eigenvalue weighted by Gasteiger charge is -1.70. The van der Waals surface area contributed by atoms with E-state index in [-0.39, 0.29) is 5.48 Å². The molecule has 0 saturated carbocycles. The van der Waals surface area contributed by atoms with E-state index < -0.39 is 0 Å². The minimum absolute atomic E-state index is 0. The van der Waals surface area contributed by atoms with E-state index in [0.717, 1.165) is 0 Å². The van der Waals surface area contributed by atoms with Crippen molar-refractivity contribution in [3.05, 3.63) is 67.0 Å². The highest BCUT2D eigenvalue weighted by atomic mass is 16.0. The van der Waals surface area contributed by atoms with Crippen LogP contribution in [0.15, 0.2) is 67.0 Å². The third kappa shape index (κ3) is 6.72. The van der Waals surface area contributed by atoms with Crippen molar-refractivity contribution in [3.8, 4) is 0 Å². The molecule has 13 heavy (non-hydrogen) atoms. The maximum Gasteiger partial charge on any atom is 0.0267 e. The number of pyridine rings is 1. The van der Waals surface area contributed by atoms with Crippen LogP contribution < -0.4 is 0 Å². The van der Waals surface area contributed by atoms with Crippen molar-refractivity contribution < 1.29 is 5.48 Å². The van der Waals surface area contributed by atoms with Crippen LogP contribution in [0.5, 0.6) is 0 Å². The van der Waals surface area contributed by atoms with Gasteiger partial charge in [-0.25, -0.2) is 0 Å². The van der Waals surface area contributed by atoms with Crippen LogP contribution >= 0.6 is 0 Å². The molecule has 0 aliphatic rings. The van der Waals surface area contributed by atoms with Gasteiger partial charge in [0.25, 0.3) is 0 Å². The molecule has 0 bridgehead atoms. The number of hydrogen-bond acceptors (Lipinski definition) is 1. The molecule has 0 aliphatic carbocycles. The average Bonchev–Trinajstić information content (AvgIpc) is 2.24. The molecule has 68 valence electrons. The summed E-state index contributed by atoms with van der Waals surface area (Å²) in [5.41, 5.74) is 0. The second kappa shape index (κ2) is 8.43. The van der Waals surface area contributed by atoms with Crippen LogP contribution in [0.2, 0.25) is 0 Å². The van der Waals surface area contributed by atoms with Gasteiger partial charge in [0.1, 0.15) is 0 Å². The first-order valence-electron chi connectivity index (χ1n) is 3.85. The van der Waals surface area contributed by atoms with E-state index in [1.165, 1.54) is 0 Å².